The number of rotatable bonds is 4. The second kappa shape index (κ2) is 7.16. The quantitative estimate of drug-likeness (QED) is 0.779. The summed E-state index contributed by atoms with van der Waals surface area (Å²) in [5.74, 6) is 0.906. The van der Waals surface area contributed by atoms with Crippen molar-refractivity contribution in [3.8, 4) is 10.6 Å². The summed E-state index contributed by atoms with van der Waals surface area (Å²) >= 11 is 3.41. The van der Waals surface area contributed by atoms with Crippen LogP contribution in [0.4, 0.5) is 0 Å². The van der Waals surface area contributed by atoms with Crippen molar-refractivity contribution in [1.29, 1.82) is 0 Å². The Hall–Kier alpha value is -1.27. The number of hydrogen-bond acceptors (Lipinski definition) is 4. The van der Waals surface area contributed by atoms with Crippen LogP contribution in [0.1, 0.15) is 54.9 Å². The monoisotopic (exact) mass is 375 g/mol. The maximum Gasteiger partial charge on any atom is 0.256 e. The molecule has 1 unspecified atom stereocenters. The number of fused-ring (bicyclic) bond motifs is 1. The molecule has 3 heterocycles. The fourth-order valence-electron chi connectivity index (χ4n) is 4.37. The Morgan fingerprint density at radius 3 is 2.84 bits per heavy atom. The molecule has 2 aromatic rings. The molecule has 2 aromatic heterocycles. The second-order valence-electron chi connectivity index (χ2n) is 7.12. The molecule has 4 nitrogen and oxygen atoms in total. The van der Waals surface area contributed by atoms with Gasteiger partial charge in [-0.25, -0.2) is 0 Å². The van der Waals surface area contributed by atoms with E-state index < -0.39 is 0 Å². The van der Waals surface area contributed by atoms with Crippen LogP contribution in [-0.2, 0) is 6.42 Å². The third-order valence-electron chi connectivity index (χ3n) is 5.79. The molecule has 0 saturated heterocycles. The number of amides is 1. The van der Waals surface area contributed by atoms with Crippen LogP contribution in [0.3, 0.4) is 0 Å². The van der Waals surface area contributed by atoms with Crippen LogP contribution in [0.2, 0.25) is 0 Å². The first kappa shape index (κ1) is 17.2. The number of aromatic nitrogens is 2. The Labute approximate surface area is 157 Å². The molecule has 25 heavy (non-hydrogen) atoms. The summed E-state index contributed by atoms with van der Waals surface area (Å²) < 4.78 is 1.14. The highest BCUT2D eigenvalue weighted by Gasteiger charge is 2.36. The van der Waals surface area contributed by atoms with Crippen LogP contribution in [0.25, 0.3) is 10.6 Å². The molecule has 1 fully saturated rings. The van der Waals surface area contributed by atoms with Crippen molar-refractivity contribution >= 4 is 29.0 Å². The van der Waals surface area contributed by atoms with Crippen molar-refractivity contribution in [3.05, 3.63) is 23.4 Å². The van der Waals surface area contributed by atoms with Gasteiger partial charge in [-0.2, -0.15) is 5.10 Å². The van der Waals surface area contributed by atoms with Crippen molar-refractivity contribution in [2.24, 2.45) is 5.92 Å². The number of aromatic amines is 1. The van der Waals surface area contributed by atoms with E-state index in [9.17, 15) is 4.79 Å². The van der Waals surface area contributed by atoms with E-state index in [1.165, 1.54) is 42.5 Å². The molecular weight excluding hydrogens is 350 g/mol. The minimum atomic E-state index is 0.238. The van der Waals surface area contributed by atoms with Gasteiger partial charge in [-0.1, -0.05) is 19.3 Å². The Kier molecular flexibility index (Phi) is 4.91. The predicted octanol–water partition coefficient (Wildman–Crippen LogP) is 4.83. The van der Waals surface area contributed by atoms with E-state index in [1.54, 1.807) is 23.1 Å². The van der Waals surface area contributed by atoms with E-state index in [2.05, 4.69) is 28.3 Å². The Morgan fingerprint density at radius 2 is 2.16 bits per heavy atom. The fourth-order valence-corrected chi connectivity index (χ4v) is 6.41. The molecule has 0 aromatic carbocycles. The van der Waals surface area contributed by atoms with E-state index in [-0.39, 0.29) is 5.91 Å². The zero-order chi connectivity index (χ0) is 17.4. The van der Waals surface area contributed by atoms with Crippen LogP contribution < -0.4 is 0 Å². The molecule has 1 N–H and O–H groups in total. The number of H-pyrrole nitrogens is 1. The molecule has 4 rings (SSSR count). The van der Waals surface area contributed by atoms with Crippen molar-refractivity contribution in [2.45, 2.75) is 55.7 Å². The number of nitrogens with one attached hydrogen (secondary N) is 1. The minimum Gasteiger partial charge on any atom is -0.335 e. The van der Waals surface area contributed by atoms with Gasteiger partial charge in [-0.15, -0.1) is 23.1 Å². The number of hydrogen-bond donors (Lipinski definition) is 1. The number of carbonyl (C=O) groups excluding carboxylic acids is 1. The fraction of sp³-hybridized carbons (Fsp3) is 0.579. The first-order chi connectivity index (χ1) is 12.2. The summed E-state index contributed by atoms with van der Waals surface area (Å²) in [6.45, 7) is 3.10. The minimum absolute atomic E-state index is 0.238. The van der Waals surface area contributed by atoms with Gasteiger partial charge >= 0.3 is 0 Å². The van der Waals surface area contributed by atoms with Crippen molar-refractivity contribution < 1.29 is 4.79 Å². The third kappa shape index (κ3) is 3.04. The molecule has 1 aliphatic carbocycles. The summed E-state index contributed by atoms with van der Waals surface area (Å²) in [4.78, 5) is 16.7. The van der Waals surface area contributed by atoms with Crippen LogP contribution in [-0.4, -0.2) is 39.8 Å². The SMILES string of the molecule is CSc1sc(-c2cc[nH]n2)c2c1C(=O)N(C(C)C1CCCCC1)CC2. The lowest BCUT2D eigenvalue weighted by Gasteiger charge is -2.39. The molecule has 0 radical (unpaired) electrons. The predicted molar refractivity (Wildman–Crippen MR) is 104 cm³/mol. The molecular formula is C19H25N3OS2. The lowest BCUT2D eigenvalue weighted by molar-refractivity contribution is 0.0575. The lowest BCUT2D eigenvalue weighted by Crippen LogP contribution is -2.47. The molecule has 2 aliphatic rings. The van der Waals surface area contributed by atoms with Crippen molar-refractivity contribution in [1.82, 2.24) is 15.1 Å². The first-order valence-corrected chi connectivity index (χ1v) is 11.3. The van der Waals surface area contributed by atoms with E-state index in [0.717, 1.165) is 28.4 Å². The second-order valence-corrected chi connectivity index (χ2v) is 9.22. The van der Waals surface area contributed by atoms with Crippen molar-refractivity contribution in [3.63, 3.8) is 0 Å². The standard InChI is InChI=1S/C19H25N3OS2/c1-12(13-6-4-3-5-7-13)22-11-9-14-16(18(22)23)19(24-2)25-17(14)15-8-10-20-21-15/h8,10,12-13H,3-7,9,11H2,1-2H3,(H,20,21). The Bertz CT molecular complexity index is 747. The van der Waals surface area contributed by atoms with Gasteiger partial charge in [0.15, 0.2) is 0 Å². The highest BCUT2D eigenvalue weighted by Crippen LogP contribution is 2.44. The topological polar surface area (TPSA) is 49.0 Å². The molecule has 1 saturated carbocycles. The van der Waals surface area contributed by atoms with Gasteiger partial charge in [0.25, 0.3) is 5.91 Å². The van der Waals surface area contributed by atoms with Gasteiger partial charge in [0.1, 0.15) is 5.69 Å². The molecule has 134 valence electrons. The normalized spacial score (nSPS) is 19.9. The van der Waals surface area contributed by atoms with Crippen molar-refractivity contribution in [2.75, 3.05) is 12.8 Å². The molecule has 0 spiro atoms. The highest BCUT2D eigenvalue weighted by atomic mass is 32.2. The van der Waals surface area contributed by atoms with Crippen LogP contribution in [0.5, 0.6) is 0 Å². The van der Waals surface area contributed by atoms with E-state index in [0.29, 0.717) is 12.0 Å². The van der Waals surface area contributed by atoms with Gasteiger partial charge in [-0.05, 0) is 50.0 Å². The zero-order valence-electron chi connectivity index (χ0n) is 14.9. The highest BCUT2D eigenvalue weighted by molar-refractivity contribution is 8.00. The smallest absolute Gasteiger partial charge is 0.256 e. The number of thioether (sulfide) groups is 1. The summed E-state index contributed by atoms with van der Waals surface area (Å²) in [5, 5.41) is 7.24. The van der Waals surface area contributed by atoms with Gasteiger partial charge in [0, 0.05) is 18.8 Å². The molecule has 6 heteroatoms. The molecule has 1 aliphatic heterocycles. The average molecular weight is 376 g/mol. The Morgan fingerprint density at radius 1 is 1.36 bits per heavy atom. The van der Waals surface area contributed by atoms with E-state index in [4.69, 9.17) is 0 Å². The zero-order valence-corrected chi connectivity index (χ0v) is 16.5. The largest absolute Gasteiger partial charge is 0.335 e. The maximum absolute atomic E-state index is 13.4. The van der Waals surface area contributed by atoms with Crippen LogP contribution in [0.15, 0.2) is 16.5 Å². The Balaban J connectivity index is 1.66. The lowest BCUT2D eigenvalue weighted by atomic mass is 9.83. The van der Waals surface area contributed by atoms with Gasteiger partial charge < -0.3 is 4.90 Å². The average Bonchev–Trinajstić information content (AvgIpc) is 3.30. The summed E-state index contributed by atoms with van der Waals surface area (Å²) in [6, 6.07) is 2.35. The molecule has 0 bridgehead atoms. The van der Waals surface area contributed by atoms with E-state index >= 15 is 0 Å². The third-order valence-corrected chi connectivity index (χ3v) is 8.17. The number of nitrogens with zero attached hydrogens (tertiary/aromatic N) is 2. The van der Waals surface area contributed by atoms with Crippen LogP contribution in [0, 0.1) is 5.92 Å². The first-order valence-electron chi connectivity index (χ1n) is 9.21. The summed E-state index contributed by atoms with van der Waals surface area (Å²) in [7, 11) is 0. The summed E-state index contributed by atoms with van der Waals surface area (Å²) in [5.41, 5.74) is 3.12. The summed E-state index contributed by atoms with van der Waals surface area (Å²) in [6.07, 6.45) is 11.4. The number of carbonyl (C=O) groups is 1. The van der Waals surface area contributed by atoms with Crippen LogP contribution >= 0.6 is 23.1 Å². The molecule has 1 atom stereocenters. The van der Waals surface area contributed by atoms with Gasteiger partial charge in [0.2, 0.25) is 0 Å². The number of thiophene rings is 1. The maximum atomic E-state index is 13.4. The van der Waals surface area contributed by atoms with Gasteiger partial charge in [-0.3, -0.25) is 9.89 Å². The molecule has 1 amide bonds. The van der Waals surface area contributed by atoms with Gasteiger partial charge in [0.05, 0.1) is 14.6 Å². The van der Waals surface area contributed by atoms with E-state index in [1.807, 2.05) is 12.3 Å².